The third-order valence-corrected chi connectivity index (χ3v) is 4.27. The van der Waals surface area contributed by atoms with Gasteiger partial charge >= 0.3 is 0 Å². The van der Waals surface area contributed by atoms with Gasteiger partial charge in [0.2, 0.25) is 0 Å². The smallest absolute Gasteiger partial charge is 0.293 e. The van der Waals surface area contributed by atoms with Crippen LogP contribution >= 0.6 is 27.5 Å². The maximum absolute atomic E-state index is 11.1. The van der Waals surface area contributed by atoms with E-state index in [-0.39, 0.29) is 10.6 Å². The minimum atomic E-state index is -0.360. The van der Waals surface area contributed by atoms with Crippen LogP contribution in [0.3, 0.4) is 0 Å². The van der Waals surface area contributed by atoms with Crippen LogP contribution in [0.15, 0.2) is 16.6 Å². The van der Waals surface area contributed by atoms with E-state index in [1.165, 1.54) is 6.07 Å². The minimum Gasteiger partial charge on any atom is -0.363 e. The molecule has 1 aromatic carbocycles. The second-order valence-electron chi connectivity index (χ2n) is 4.20. The highest BCUT2D eigenvalue weighted by atomic mass is 79.9. The van der Waals surface area contributed by atoms with Crippen LogP contribution in [0.2, 0.25) is 5.02 Å². The van der Waals surface area contributed by atoms with Gasteiger partial charge < -0.3 is 4.90 Å². The third-order valence-electron chi connectivity index (χ3n) is 3.08. The minimum absolute atomic E-state index is 0.107. The highest BCUT2D eigenvalue weighted by Gasteiger charge is 2.28. The molecule has 0 saturated carbocycles. The Labute approximate surface area is 113 Å². The van der Waals surface area contributed by atoms with Crippen LogP contribution in [0.5, 0.6) is 0 Å². The Kier molecular flexibility index (Phi) is 3.58. The summed E-state index contributed by atoms with van der Waals surface area (Å²) in [6.45, 7) is 2.92. The number of hydrogen-bond acceptors (Lipinski definition) is 3. The zero-order valence-electron chi connectivity index (χ0n) is 9.32. The zero-order chi connectivity index (χ0) is 12.6. The number of nitro groups is 1. The van der Waals surface area contributed by atoms with Gasteiger partial charge in [0.15, 0.2) is 0 Å². The molecule has 1 aromatic rings. The second-order valence-corrected chi connectivity index (χ2v) is 5.46. The molecule has 92 valence electrons. The van der Waals surface area contributed by atoms with Gasteiger partial charge in [0.1, 0.15) is 5.69 Å². The number of hydrogen-bond donors (Lipinski definition) is 0. The van der Waals surface area contributed by atoms with E-state index in [9.17, 15) is 10.1 Å². The van der Waals surface area contributed by atoms with Crippen LogP contribution in [-0.4, -0.2) is 17.5 Å². The Bertz CT molecular complexity index is 467. The van der Waals surface area contributed by atoms with Gasteiger partial charge in [0, 0.05) is 23.1 Å². The normalized spacial score (nSPS) is 19.7. The molecule has 2 rings (SSSR count). The van der Waals surface area contributed by atoms with Gasteiger partial charge in [-0.05, 0) is 41.8 Å². The summed E-state index contributed by atoms with van der Waals surface area (Å²) >= 11 is 9.24. The standard InChI is InChI=1S/C11H12BrClN2O2/c1-7-3-2-4-14(7)10-6-9(13)8(12)5-11(10)15(16)17/h5-7H,2-4H2,1H3/t7-/m0/s1. The molecule has 0 amide bonds. The lowest BCUT2D eigenvalue weighted by Gasteiger charge is -2.23. The van der Waals surface area contributed by atoms with Gasteiger partial charge in [-0.15, -0.1) is 0 Å². The molecule has 6 heteroatoms. The first-order valence-electron chi connectivity index (χ1n) is 5.41. The summed E-state index contributed by atoms with van der Waals surface area (Å²) in [6.07, 6.45) is 2.12. The quantitative estimate of drug-likeness (QED) is 0.611. The SMILES string of the molecule is C[C@H]1CCCN1c1cc(Cl)c(Br)cc1[N+](=O)[O-]. The Morgan fingerprint density at radius 3 is 2.82 bits per heavy atom. The van der Waals surface area contributed by atoms with Gasteiger partial charge in [-0.3, -0.25) is 10.1 Å². The van der Waals surface area contributed by atoms with E-state index in [2.05, 4.69) is 27.8 Å². The molecule has 0 aromatic heterocycles. The summed E-state index contributed by atoms with van der Waals surface area (Å²) in [6, 6.07) is 3.47. The molecule has 1 atom stereocenters. The lowest BCUT2D eigenvalue weighted by molar-refractivity contribution is -0.384. The molecular formula is C11H12BrClN2O2. The maximum Gasteiger partial charge on any atom is 0.293 e. The first-order valence-corrected chi connectivity index (χ1v) is 6.58. The highest BCUT2D eigenvalue weighted by Crippen LogP contribution is 2.39. The summed E-state index contributed by atoms with van der Waals surface area (Å²) in [7, 11) is 0. The lowest BCUT2D eigenvalue weighted by Crippen LogP contribution is -2.27. The van der Waals surface area contributed by atoms with Crippen LogP contribution in [0.4, 0.5) is 11.4 Å². The van der Waals surface area contributed by atoms with Crippen molar-refractivity contribution in [1.82, 2.24) is 0 Å². The number of nitrogens with zero attached hydrogens (tertiary/aromatic N) is 2. The van der Waals surface area contributed by atoms with E-state index in [0.717, 1.165) is 19.4 Å². The number of nitro benzene ring substituents is 1. The fourth-order valence-electron chi connectivity index (χ4n) is 2.19. The van der Waals surface area contributed by atoms with Crippen molar-refractivity contribution in [2.45, 2.75) is 25.8 Å². The van der Waals surface area contributed by atoms with Crippen LogP contribution in [0.25, 0.3) is 0 Å². The Morgan fingerprint density at radius 2 is 2.29 bits per heavy atom. The number of halogens is 2. The predicted molar refractivity (Wildman–Crippen MR) is 71.8 cm³/mol. The Balaban J connectivity index is 2.51. The average molecular weight is 320 g/mol. The van der Waals surface area contributed by atoms with Crippen LogP contribution in [-0.2, 0) is 0 Å². The Hall–Kier alpha value is -0.810. The van der Waals surface area contributed by atoms with Gasteiger partial charge in [-0.2, -0.15) is 0 Å². The van der Waals surface area contributed by atoms with Crippen molar-refractivity contribution < 1.29 is 4.92 Å². The molecular weight excluding hydrogens is 307 g/mol. The largest absolute Gasteiger partial charge is 0.363 e. The average Bonchev–Trinajstić information content (AvgIpc) is 2.67. The van der Waals surface area contributed by atoms with Gasteiger partial charge in [-0.25, -0.2) is 0 Å². The summed E-state index contributed by atoms with van der Waals surface area (Å²) in [4.78, 5) is 12.8. The molecule has 1 saturated heterocycles. The summed E-state index contributed by atoms with van der Waals surface area (Å²) in [5, 5.41) is 11.6. The van der Waals surface area contributed by atoms with Crippen molar-refractivity contribution in [3.63, 3.8) is 0 Å². The number of anilines is 1. The van der Waals surface area contributed by atoms with E-state index in [1.54, 1.807) is 6.07 Å². The van der Waals surface area contributed by atoms with Crippen molar-refractivity contribution in [3.05, 3.63) is 31.7 Å². The zero-order valence-corrected chi connectivity index (χ0v) is 11.7. The molecule has 0 bridgehead atoms. The fourth-order valence-corrected chi connectivity index (χ4v) is 2.68. The van der Waals surface area contributed by atoms with Crippen molar-refractivity contribution in [3.8, 4) is 0 Å². The van der Waals surface area contributed by atoms with Gasteiger partial charge in [-0.1, -0.05) is 11.6 Å². The molecule has 0 radical (unpaired) electrons. The highest BCUT2D eigenvalue weighted by molar-refractivity contribution is 9.10. The van der Waals surface area contributed by atoms with E-state index >= 15 is 0 Å². The topological polar surface area (TPSA) is 46.4 Å². The van der Waals surface area contributed by atoms with E-state index < -0.39 is 0 Å². The van der Waals surface area contributed by atoms with Crippen LogP contribution in [0, 0.1) is 10.1 Å². The molecule has 1 aliphatic heterocycles. The molecule has 4 nitrogen and oxygen atoms in total. The molecule has 1 fully saturated rings. The molecule has 1 aliphatic rings. The van der Waals surface area contributed by atoms with Crippen molar-refractivity contribution in [2.75, 3.05) is 11.4 Å². The molecule has 1 heterocycles. The number of rotatable bonds is 2. The summed E-state index contributed by atoms with van der Waals surface area (Å²) < 4.78 is 0.557. The van der Waals surface area contributed by atoms with Crippen molar-refractivity contribution in [1.29, 1.82) is 0 Å². The summed E-state index contributed by atoms with van der Waals surface area (Å²) in [5.41, 5.74) is 0.725. The van der Waals surface area contributed by atoms with Crippen molar-refractivity contribution >= 4 is 38.9 Å². The first kappa shape index (κ1) is 12.6. The van der Waals surface area contributed by atoms with Crippen LogP contribution < -0.4 is 4.90 Å². The Morgan fingerprint density at radius 1 is 1.59 bits per heavy atom. The monoisotopic (exact) mass is 318 g/mol. The molecule has 0 aliphatic carbocycles. The van der Waals surface area contributed by atoms with Crippen LogP contribution in [0.1, 0.15) is 19.8 Å². The predicted octanol–water partition coefficient (Wildman–Crippen LogP) is 4.00. The number of benzene rings is 1. The summed E-state index contributed by atoms with van der Waals surface area (Å²) in [5.74, 6) is 0. The van der Waals surface area contributed by atoms with E-state index in [0.29, 0.717) is 21.2 Å². The van der Waals surface area contributed by atoms with E-state index in [4.69, 9.17) is 11.6 Å². The molecule has 17 heavy (non-hydrogen) atoms. The van der Waals surface area contributed by atoms with Gasteiger partial charge in [0.05, 0.1) is 9.95 Å². The van der Waals surface area contributed by atoms with Crippen molar-refractivity contribution in [2.24, 2.45) is 0 Å². The van der Waals surface area contributed by atoms with E-state index in [1.807, 2.05) is 0 Å². The molecule has 0 unspecified atom stereocenters. The fraction of sp³-hybridized carbons (Fsp3) is 0.455. The second kappa shape index (κ2) is 4.82. The van der Waals surface area contributed by atoms with Gasteiger partial charge in [0.25, 0.3) is 5.69 Å². The lowest BCUT2D eigenvalue weighted by atomic mass is 10.2. The molecule has 0 spiro atoms. The first-order chi connectivity index (χ1) is 8.00. The molecule has 0 N–H and O–H groups in total. The maximum atomic E-state index is 11.1. The third kappa shape index (κ3) is 2.40.